The third-order valence-corrected chi connectivity index (χ3v) is 3.84. The topological polar surface area (TPSA) is 64.3 Å². The molecule has 2 rings (SSSR count). The van der Waals surface area contributed by atoms with E-state index in [0.29, 0.717) is 5.82 Å². The van der Waals surface area contributed by atoms with Crippen molar-refractivity contribution in [2.45, 2.75) is 52.1 Å². The SMILES string of the molecule is COC1CCCN(c2nc(C(C)(C)C)nc(N)c2C)C1. The molecule has 2 N–H and O–H groups in total. The third-order valence-electron chi connectivity index (χ3n) is 3.84. The number of piperidine rings is 1. The Kier molecular flexibility index (Phi) is 4.18. The van der Waals surface area contributed by atoms with Gasteiger partial charge < -0.3 is 15.4 Å². The molecule has 1 aliphatic heterocycles. The standard InChI is InChI=1S/C15H26N4O/c1-10-12(16)17-14(15(2,3)4)18-13(10)19-8-6-7-11(9-19)20-5/h11H,6-9H2,1-5H3,(H2,16,17,18). The summed E-state index contributed by atoms with van der Waals surface area (Å²) < 4.78 is 5.49. The summed E-state index contributed by atoms with van der Waals surface area (Å²) in [5.41, 5.74) is 6.95. The smallest absolute Gasteiger partial charge is 0.138 e. The molecule has 0 aliphatic carbocycles. The molecule has 0 spiro atoms. The molecule has 1 aromatic rings. The van der Waals surface area contributed by atoms with Crippen LogP contribution in [0.1, 0.15) is 45.0 Å². The molecule has 1 aliphatic rings. The zero-order chi connectivity index (χ0) is 14.9. The van der Waals surface area contributed by atoms with Crippen LogP contribution in [-0.4, -0.2) is 36.3 Å². The van der Waals surface area contributed by atoms with E-state index < -0.39 is 0 Å². The van der Waals surface area contributed by atoms with Crippen molar-refractivity contribution in [3.63, 3.8) is 0 Å². The lowest BCUT2D eigenvalue weighted by Gasteiger charge is -2.34. The van der Waals surface area contributed by atoms with Crippen molar-refractivity contribution in [3.05, 3.63) is 11.4 Å². The number of nitrogens with two attached hydrogens (primary N) is 1. The largest absolute Gasteiger partial charge is 0.383 e. The molecule has 5 nitrogen and oxygen atoms in total. The average Bonchev–Trinajstić information content (AvgIpc) is 2.40. The number of nitrogen functional groups attached to an aromatic ring is 1. The van der Waals surface area contributed by atoms with Gasteiger partial charge in [0.2, 0.25) is 0 Å². The Balaban J connectivity index is 2.37. The molecule has 20 heavy (non-hydrogen) atoms. The first-order chi connectivity index (χ1) is 9.32. The summed E-state index contributed by atoms with van der Waals surface area (Å²) in [4.78, 5) is 11.5. The summed E-state index contributed by atoms with van der Waals surface area (Å²) in [5.74, 6) is 2.35. The lowest BCUT2D eigenvalue weighted by atomic mass is 9.95. The number of methoxy groups -OCH3 is 1. The highest BCUT2D eigenvalue weighted by Gasteiger charge is 2.26. The van der Waals surface area contributed by atoms with E-state index in [2.05, 4.69) is 30.7 Å². The minimum Gasteiger partial charge on any atom is -0.383 e. The Morgan fingerprint density at radius 1 is 1.30 bits per heavy atom. The number of anilines is 2. The molecule has 1 aromatic heterocycles. The predicted molar refractivity (Wildman–Crippen MR) is 82.1 cm³/mol. The lowest BCUT2D eigenvalue weighted by molar-refractivity contribution is 0.0891. The van der Waals surface area contributed by atoms with Crippen LogP contribution in [0.3, 0.4) is 0 Å². The van der Waals surface area contributed by atoms with Gasteiger partial charge in [-0.2, -0.15) is 0 Å². The minimum absolute atomic E-state index is 0.104. The van der Waals surface area contributed by atoms with Gasteiger partial charge in [-0.05, 0) is 19.8 Å². The fourth-order valence-corrected chi connectivity index (χ4v) is 2.49. The molecule has 1 unspecified atom stereocenters. The number of hydrogen-bond donors (Lipinski definition) is 1. The molecule has 112 valence electrons. The zero-order valence-electron chi connectivity index (χ0n) is 13.2. The second-order valence-electron chi connectivity index (χ2n) is 6.58. The molecular weight excluding hydrogens is 252 g/mol. The van der Waals surface area contributed by atoms with Crippen molar-refractivity contribution in [2.24, 2.45) is 0 Å². The molecule has 2 heterocycles. The summed E-state index contributed by atoms with van der Waals surface area (Å²) >= 11 is 0. The van der Waals surface area contributed by atoms with Gasteiger partial charge >= 0.3 is 0 Å². The molecule has 0 radical (unpaired) electrons. The normalized spacial score (nSPS) is 20.2. The summed E-state index contributed by atoms with van der Waals surface area (Å²) in [6.07, 6.45) is 2.50. The molecule has 0 amide bonds. The second-order valence-corrected chi connectivity index (χ2v) is 6.58. The van der Waals surface area contributed by atoms with E-state index in [-0.39, 0.29) is 11.5 Å². The van der Waals surface area contributed by atoms with Crippen LogP contribution in [-0.2, 0) is 10.2 Å². The van der Waals surface area contributed by atoms with Crippen LogP contribution >= 0.6 is 0 Å². The van der Waals surface area contributed by atoms with Crippen LogP contribution < -0.4 is 10.6 Å². The highest BCUT2D eigenvalue weighted by atomic mass is 16.5. The van der Waals surface area contributed by atoms with Crippen molar-refractivity contribution in [3.8, 4) is 0 Å². The molecule has 0 aromatic carbocycles. The van der Waals surface area contributed by atoms with Crippen molar-refractivity contribution >= 4 is 11.6 Å². The predicted octanol–water partition coefficient (Wildman–Crippen LogP) is 2.28. The molecule has 1 atom stereocenters. The van der Waals surface area contributed by atoms with E-state index in [1.165, 1.54) is 0 Å². The number of rotatable bonds is 2. The van der Waals surface area contributed by atoms with Gasteiger partial charge in [0.05, 0.1) is 6.10 Å². The zero-order valence-corrected chi connectivity index (χ0v) is 13.2. The third kappa shape index (κ3) is 3.03. The van der Waals surface area contributed by atoms with Crippen LogP contribution in [0.25, 0.3) is 0 Å². The Labute approximate surface area is 121 Å². The summed E-state index contributed by atoms with van der Waals surface area (Å²) in [7, 11) is 1.77. The summed E-state index contributed by atoms with van der Waals surface area (Å²) in [6, 6.07) is 0. The molecular formula is C15H26N4O. The molecule has 0 bridgehead atoms. The van der Waals surface area contributed by atoms with E-state index in [1.54, 1.807) is 7.11 Å². The van der Waals surface area contributed by atoms with Gasteiger partial charge in [-0.25, -0.2) is 9.97 Å². The van der Waals surface area contributed by atoms with Gasteiger partial charge in [0.15, 0.2) is 0 Å². The van der Waals surface area contributed by atoms with Gasteiger partial charge in [-0.15, -0.1) is 0 Å². The highest BCUT2D eigenvalue weighted by Crippen LogP contribution is 2.29. The van der Waals surface area contributed by atoms with Crippen LogP contribution in [0.15, 0.2) is 0 Å². The van der Waals surface area contributed by atoms with Crippen LogP contribution in [0.4, 0.5) is 11.6 Å². The molecule has 1 saturated heterocycles. The lowest BCUT2D eigenvalue weighted by Crippen LogP contribution is -2.40. The van der Waals surface area contributed by atoms with Crippen molar-refractivity contribution in [2.75, 3.05) is 30.8 Å². The van der Waals surface area contributed by atoms with Gasteiger partial charge in [0, 0.05) is 31.2 Å². The van der Waals surface area contributed by atoms with Crippen LogP contribution in [0.5, 0.6) is 0 Å². The number of nitrogens with zero attached hydrogens (tertiary/aromatic N) is 3. The minimum atomic E-state index is -0.104. The van der Waals surface area contributed by atoms with Gasteiger partial charge in [-0.3, -0.25) is 0 Å². The first-order valence-electron chi connectivity index (χ1n) is 7.25. The second kappa shape index (κ2) is 5.56. The van der Waals surface area contributed by atoms with E-state index in [1.807, 2.05) is 6.92 Å². The molecule has 1 fully saturated rings. The number of hydrogen-bond acceptors (Lipinski definition) is 5. The van der Waals surface area contributed by atoms with Crippen LogP contribution in [0, 0.1) is 6.92 Å². The molecule has 0 saturated carbocycles. The maximum Gasteiger partial charge on any atom is 0.138 e. The Hall–Kier alpha value is -1.36. The number of ether oxygens (including phenoxy) is 1. The number of aromatic nitrogens is 2. The van der Waals surface area contributed by atoms with Crippen molar-refractivity contribution in [1.82, 2.24) is 9.97 Å². The van der Waals surface area contributed by atoms with E-state index in [4.69, 9.17) is 15.5 Å². The Bertz CT molecular complexity index is 481. The van der Waals surface area contributed by atoms with Crippen molar-refractivity contribution in [1.29, 1.82) is 0 Å². The average molecular weight is 278 g/mol. The van der Waals surface area contributed by atoms with Crippen molar-refractivity contribution < 1.29 is 4.74 Å². The van der Waals surface area contributed by atoms with E-state index in [9.17, 15) is 0 Å². The fourth-order valence-electron chi connectivity index (χ4n) is 2.49. The maximum absolute atomic E-state index is 6.08. The first kappa shape index (κ1) is 15.0. The first-order valence-corrected chi connectivity index (χ1v) is 7.25. The fraction of sp³-hybridized carbons (Fsp3) is 0.733. The van der Waals surface area contributed by atoms with Crippen LogP contribution in [0.2, 0.25) is 0 Å². The monoisotopic (exact) mass is 278 g/mol. The van der Waals surface area contributed by atoms with E-state index in [0.717, 1.165) is 43.1 Å². The quantitative estimate of drug-likeness (QED) is 0.899. The molecule has 5 heteroatoms. The van der Waals surface area contributed by atoms with Gasteiger partial charge in [-0.1, -0.05) is 20.8 Å². The Morgan fingerprint density at radius 3 is 2.60 bits per heavy atom. The van der Waals surface area contributed by atoms with Gasteiger partial charge in [0.25, 0.3) is 0 Å². The van der Waals surface area contributed by atoms with E-state index >= 15 is 0 Å². The summed E-state index contributed by atoms with van der Waals surface area (Å²) in [6.45, 7) is 10.2. The maximum atomic E-state index is 6.08. The highest BCUT2D eigenvalue weighted by molar-refractivity contribution is 5.57. The summed E-state index contributed by atoms with van der Waals surface area (Å²) in [5, 5.41) is 0. The van der Waals surface area contributed by atoms with Gasteiger partial charge in [0.1, 0.15) is 17.5 Å². The Morgan fingerprint density at radius 2 is 2.00 bits per heavy atom.